The third kappa shape index (κ3) is 2.22. The first-order chi connectivity index (χ1) is 9.59. The molecule has 1 fully saturated rings. The summed E-state index contributed by atoms with van der Waals surface area (Å²) >= 11 is 4.19. The number of carbonyl (C=O) groups excluding carboxylic acids is 1. The highest BCUT2D eigenvalue weighted by Gasteiger charge is 2.51. The van der Waals surface area contributed by atoms with Crippen LogP contribution in [-0.4, -0.2) is 54.2 Å². The summed E-state index contributed by atoms with van der Waals surface area (Å²) in [5.41, 5.74) is 6.49. The first kappa shape index (κ1) is 13.9. The van der Waals surface area contributed by atoms with Crippen molar-refractivity contribution in [1.82, 2.24) is 14.3 Å². The van der Waals surface area contributed by atoms with Crippen LogP contribution in [0.5, 0.6) is 0 Å². The Morgan fingerprint density at radius 3 is 3.10 bits per heavy atom. The van der Waals surface area contributed by atoms with Gasteiger partial charge in [-0.15, -0.1) is 11.8 Å². The number of rotatable bonds is 4. The topological polar surface area (TPSA) is 109 Å². The van der Waals surface area contributed by atoms with E-state index in [1.807, 2.05) is 0 Å². The van der Waals surface area contributed by atoms with Crippen molar-refractivity contribution in [2.24, 2.45) is 5.73 Å². The minimum Gasteiger partial charge on any atom is -0.477 e. The van der Waals surface area contributed by atoms with Crippen LogP contribution < -0.4 is 5.73 Å². The Hall–Kier alpha value is -1.10. The van der Waals surface area contributed by atoms with Crippen molar-refractivity contribution >= 4 is 46.9 Å². The van der Waals surface area contributed by atoms with Crippen LogP contribution in [0, 0.1) is 0 Å². The zero-order valence-corrected chi connectivity index (χ0v) is 12.5. The van der Waals surface area contributed by atoms with E-state index in [9.17, 15) is 14.7 Å². The molecule has 2 atom stereocenters. The van der Waals surface area contributed by atoms with Gasteiger partial charge in [-0.05, 0) is 17.1 Å². The minimum absolute atomic E-state index is 0.0810. The zero-order valence-electron chi connectivity index (χ0n) is 10.1. The van der Waals surface area contributed by atoms with Gasteiger partial charge in [0.25, 0.3) is 0 Å². The molecule has 2 aliphatic heterocycles. The lowest BCUT2D eigenvalue weighted by Crippen LogP contribution is -2.68. The van der Waals surface area contributed by atoms with Gasteiger partial charge >= 0.3 is 5.97 Å². The van der Waals surface area contributed by atoms with Crippen molar-refractivity contribution in [3.05, 3.63) is 17.6 Å². The van der Waals surface area contributed by atoms with E-state index in [4.69, 9.17) is 5.73 Å². The normalized spacial score (nSPS) is 25.4. The van der Waals surface area contributed by atoms with E-state index in [0.717, 1.165) is 9.91 Å². The summed E-state index contributed by atoms with van der Waals surface area (Å²) in [6, 6.07) is -0.591. The Morgan fingerprint density at radius 1 is 1.65 bits per heavy atom. The summed E-state index contributed by atoms with van der Waals surface area (Å²) in [4.78, 5) is 28.5. The number of hydrogen-bond donors (Lipinski definition) is 2. The van der Waals surface area contributed by atoms with Gasteiger partial charge in [-0.3, -0.25) is 9.69 Å². The number of hydrogen-bond acceptors (Lipinski definition) is 8. The summed E-state index contributed by atoms with van der Waals surface area (Å²) in [6.45, 7) is 0. The van der Waals surface area contributed by atoms with Gasteiger partial charge in [0.1, 0.15) is 23.4 Å². The lowest BCUT2D eigenvalue weighted by atomic mass is 10.0. The molecular weight excluding hydrogens is 320 g/mol. The molecule has 0 aromatic carbocycles. The number of aromatic nitrogens is 2. The summed E-state index contributed by atoms with van der Waals surface area (Å²) in [7, 11) is 0. The van der Waals surface area contributed by atoms with Gasteiger partial charge < -0.3 is 10.8 Å². The lowest BCUT2D eigenvalue weighted by molar-refractivity contribution is -0.147. The second-order valence-electron chi connectivity index (χ2n) is 4.19. The van der Waals surface area contributed by atoms with E-state index in [0.29, 0.717) is 11.5 Å². The quantitative estimate of drug-likeness (QED) is 0.596. The molecule has 0 saturated carbocycles. The molecule has 1 saturated heterocycles. The number of nitrogens with two attached hydrogens (primary N) is 1. The van der Waals surface area contributed by atoms with Crippen LogP contribution in [0.15, 0.2) is 21.9 Å². The molecule has 2 aliphatic rings. The Bertz CT molecular complexity index is 589. The predicted molar refractivity (Wildman–Crippen MR) is 76.4 cm³/mol. The highest BCUT2D eigenvalue weighted by Crippen LogP contribution is 2.40. The number of nitrogens with zero attached hydrogens (tertiary/aromatic N) is 3. The van der Waals surface area contributed by atoms with E-state index in [1.165, 1.54) is 46.3 Å². The Balaban J connectivity index is 1.82. The summed E-state index contributed by atoms with van der Waals surface area (Å²) < 4.78 is 4.67. The molecule has 3 rings (SSSR count). The molecule has 1 aromatic rings. The largest absolute Gasteiger partial charge is 0.477 e. The number of carboxylic acid groups (broad SMARTS) is 1. The molecule has 3 heterocycles. The van der Waals surface area contributed by atoms with Gasteiger partial charge in [0.05, 0.1) is 0 Å². The van der Waals surface area contributed by atoms with Crippen LogP contribution in [0.4, 0.5) is 0 Å². The fraction of sp³-hybridized carbons (Fsp3) is 0.400. The number of aliphatic carboxylic acids is 1. The fourth-order valence-corrected chi connectivity index (χ4v) is 4.94. The summed E-state index contributed by atoms with van der Waals surface area (Å²) in [5.74, 6) is -0.355. The lowest BCUT2D eigenvalue weighted by Gasteiger charge is -2.48. The average molecular weight is 330 g/mol. The van der Waals surface area contributed by atoms with Gasteiger partial charge in [0.15, 0.2) is 4.34 Å². The van der Waals surface area contributed by atoms with Crippen LogP contribution in [-0.2, 0) is 9.59 Å². The fourth-order valence-electron chi connectivity index (χ4n) is 2.07. The average Bonchev–Trinajstić information content (AvgIpc) is 2.96. The molecule has 0 radical (unpaired) electrons. The van der Waals surface area contributed by atoms with Gasteiger partial charge in [-0.1, -0.05) is 11.8 Å². The molecule has 0 aliphatic carbocycles. The van der Waals surface area contributed by atoms with Crippen molar-refractivity contribution in [3.8, 4) is 0 Å². The Labute approximate surface area is 126 Å². The van der Waals surface area contributed by atoms with Gasteiger partial charge in [-0.25, -0.2) is 9.78 Å². The van der Waals surface area contributed by atoms with Crippen LogP contribution in [0.2, 0.25) is 0 Å². The Morgan fingerprint density at radius 2 is 2.45 bits per heavy atom. The zero-order chi connectivity index (χ0) is 14.3. The van der Waals surface area contributed by atoms with Gasteiger partial charge in [-0.2, -0.15) is 4.37 Å². The van der Waals surface area contributed by atoms with Crippen molar-refractivity contribution in [1.29, 1.82) is 0 Å². The maximum Gasteiger partial charge on any atom is 0.352 e. The maximum absolute atomic E-state index is 11.8. The van der Waals surface area contributed by atoms with E-state index in [-0.39, 0.29) is 17.0 Å². The molecule has 1 unspecified atom stereocenters. The van der Waals surface area contributed by atoms with E-state index in [2.05, 4.69) is 9.36 Å². The highest BCUT2D eigenvalue weighted by molar-refractivity contribution is 8.01. The van der Waals surface area contributed by atoms with Crippen molar-refractivity contribution in [3.63, 3.8) is 0 Å². The third-order valence-electron chi connectivity index (χ3n) is 3.00. The van der Waals surface area contributed by atoms with E-state index in [1.54, 1.807) is 0 Å². The smallest absolute Gasteiger partial charge is 0.352 e. The molecule has 1 amide bonds. The SMILES string of the molecule is NC1C(=O)N2C(C(=O)O)=C(CSc3ncns3)CS[C@H]12. The molecule has 0 bridgehead atoms. The van der Waals surface area contributed by atoms with Crippen molar-refractivity contribution in [2.45, 2.75) is 15.8 Å². The summed E-state index contributed by atoms with van der Waals surface area (Å²) in [6.07, 6.45) is 1.46. The van der Waals surface area contributed by atoms with Gasteiger partial charge in [0.2, 0.25) is 5.91 Å². The molecule has 3 N–H and O–H groups in total. The Kier molecular flexibility index (Phi) is 3.71. The van der Waals surface area contributed by atoms with Crippen LogP contribution in [0.3, 0.4) is 0 Å². The maximum atomic E-state index is 11.8. The second-order valence-corrected chi connectivity index (χ2v) is 7.30. The monoisotopic (exact) mass is 330 g/mol. The molecular formula is C10H10N4O3S3. The van der Waals surface area contributed by atoms with Crippen LogP contribution >= 0.6 is 35.1 Å². The van der Waals surface area contributed by atoms with Crippen LogP contribution in [0.25, 0.3) is 0 Å². The number of fused-ring (bicyclic) bond motifs is 1. The molecule has 0 spiro atoms. The number of carbonyl (C=O) groups is 2. The highest BCUT2D eigenvalue weighted by atomic mass is 32.2. The molecule has 20 heavy (non-hydrogen) atoms. The number of amides is 1. The van der Waals surface area contributed by atoms with Crippen LogP contribution in [0.1, 0.15) is 0 Å². The molecule has 10 heteroatoms. The second kappa shape index (κ2) is 5.35. The first-order valence-corrected chi connectivity index (χ1v) is 8.45. The number of thioether (sulfide) groups is 2. The number of β-lactam (4-membered cyclic amide) rings is 1. The first-order valence-electron chi connectivity index (χ1n) is 5.64. The molecule has 7 nitrogen and oxygen atoms in total. The standard InChI is InChI=1S/C10H10N4O3S3/c11-5-7(15)14-6(9(16)17)4(1-18-8(5)14)2-19-10-12-3-13-20-10/h3,5,8H,1-2,11H2,(H,16,17)/t5?,8-/m1/s1. The molecule has 1 aromatic heterocycles. The summed E-state index contributed by atoms with van der Waals surface area (Å²) in [5, 5.41) is 9.11. The number of carboxylic acids is 1. The predicted octanol–water partition coefficient (Wildman–Crippen LogP) is 0.211. The minimum atomic E-state index is -1.08. The van der Waals surface area contributed by atoms with E-state index >= 15 is 0 Å². The van der Waals surface area contributed by atoms with Crippen molar-refractivity contribution < 1.29 is 14.7 Å². The third-order valence-corrected chi connectivity index (χ3v) is 6.25. The van der Waals surface area contributed by atoms with Crippen molar-refractivity contribution in [2.75, 3.05) is 11.5 Å². The van der Waals surface area contributed by atoms with Gasteiger partial charge in [0, 0.05) is 11.5 Å². The molecule has 106 valence electrons. The van der Waals surface area contributed by atoms with E-state index < -0.39 is 12.0 Å².